The molecule has 132 valence electrons. The molecule has 0 atom stereocenters. The molecule has 1 saturated carbocycles. The van der Waals surface area contributed by atoms with Crippen LogP contribution < -0.4 is 10.0 Å². The summed E-state index contributed by atoms with van der Waals surface area (Å²) in [6.45, 7) is 0.803. The number of nitrogens with one attached hydrogen (secondary N) is 1. The van der Waals surface area contributed by atoms with Crippen LogP contribution >= 0.6 is 0 Å². The van der Waals surface area contributed by atoms with Crippen molar-refractivity contribution >= 4 is 11.6 Å². The van der Waals surface area contributed by atoms with Crippen LogP contribution in [-0.2, 0) is 6.54 Å². The first-order chi connectivity index (χ1) is 12.1. The molecule has 3 rings (SSSR count). The Hall–Kier alpha value is -2.40. The third-order valence-electron chi connectivity index (χ3n) is 4.92. The van der Waals surface area contributed by atoms with Gasteiger partial charge in [-0.05, 0) is 37.6 Å². The smallest absolute Gasteiger partial charge is 0.261 e. The van der Waals surface area contributed by atoms with Gasteiger partial charge in [-0.1, -0.05) is 37.5 Å². The molecule has 1 aliphatic carbocycles. The normalized spacial score (nSPS) is 15.3. The van der Waals surface area contributed by atoms with E-state index >= 15 is 0 Å². The molecule has 5 nitrogen and oxygen atoms in total. The Bertz CT molecular complexity index is 726. The standard InChI is InChI=1S/C20H25N3O2/c1-22(18-10-3-2-4-11-18)14-16-8-5-6-12-19(16)21-20(24)17-9-7-13-23(25)15-17/h5-9,12-13,15,18H,2-4,10-11,14H2,1H3,(H,21,24). The molecule has 1 fully saturated rings. The molecule has 0 saturated heterocycles. The largest absolute Gasteiger partial charge is 0.619 e. The number of anilines is 1. The van der Waals surface area contributed by atoms with Crippen LogP contribution in [0.15, 0.2) is 48.8 Å². The maximum atomic E-state index is 12.4. The quantitative estimate of drug-likeness (QED) is 0.671. The van der Waals surface area contributed by atoms with Gasteiger partial charge in [-0.15, -0.1) is 0 Å². The Labute approximate surface area is 148 Å². The van der Waals surface area contributed by atoms with Crippen LogP contribution in [0.5, 0.6) is 0 Å². The minimum absolute atomic E-state index is 0.266. The third-order valence-corrected chi connectivity index (χ3v) is 4.92. The van der Waals surface area contributed by atoms with Crippen LogP contribution in [0.4, 0.5) is 5.69 Å². The lowest BCUT2D eigenvalue weighted by molar-refractivity contribution is -0.605. The second kappa shape index (κ2) is 8.12. The van der Waals surface area contributed by atoms with Crippen molar-refractivity contribution in [1.82, 2.24) is 4.90 Å². The molecule has 1 aliphatic rings. The monoisotopic (exact) mass is 339 g/mol. The average molecular weight is 339 g/mol. The zero-order valence-electron chi connectivity index (χ0n) is 14.6. The van der Waals surface area contributed by atoms with Crippen LogP contribution in [0, 0.1) is 5.21 Å². The summed E-state index contributed by atoms with van der Waals surface area (Å²) in [6.07, 6.45) is 9.09. The van der Waals surface area contributed by atoms with Gasteiger partial charge in [0.25, 0.3) is 5.91 Å². The topological polar surface area (TPSA) is 59.3 Å². The van der Waals surface area contributed by atoms with Gasteiger partial charge in [0.15, 0.2) is 12.4 Å². The number of carbonyl (C=O) groups excluding carboxylic acids is 1. The number of pyridine rings is 1. The van der Waals surface area contributed by atoms with Crippen LogP contribution in [0.3, 0.4) is 0 Å². The van der Waals surface area contributed by atoms with E-state index in [1.54, 1.807) is 12.1 Å². The van der Waals surface area contributed by atoms with Gasteiger partial charge in [0.2, 0.25) is 0 Å². The van der Waals surface area contributed by atoms with Crippen molar-refractivity contribution in [2.75, 3.05) is 12.4 Å². The van der Waals surface area contributed by atoms with E-state index in [2.05, 4.69) is 17.3 Å². The van der Waals surface area contributed by atoms with Gasteiger partial charge in [-0.2, -0.15) is 4.73 Å². The van der Waals surface area contributed by atoms with Crippen molar-refractivity contribution in [1.29, 1.82) is 0 Å². The van der Waals surface area contributed by atoms with Crippen molar-refractivity contribution in [2.45, 2.75) is 44.7 Å². The highest BCUT2D eigenvalue weighted by atomic mass is 16.5. The fourth-order valence-electron chi connectivity index (χ4n) is 3.48. The molecular formula is C20H25N3O2. The number of carbonyl (C=O) groups is 1. The van der Waals surface area contributed by atoms with Gasteiger partial charge in [0.1, 0.15) is 5.56 Å². The van der Waals surface area contributed by atoms with E-state index in [1.165, 1.54) is 44.5 Å². The summed E-state index contributed by atoms with van der Waals surface area (Å²) >= 11 is 0. The minimum Gasteiger partial charge on any atom is -0.619 e. The molecule has 2 aromatic rings. The van der Waals surface area contributed by atoms with Crippen LogP contribution in [0.25, 0.3) is 0 Å². The highest BCUT2D eigenvalue weighted by Gasteiger charge is 2.19. The van der Waals surface area contributed by atoms with E-state index < -0.39 is 0 Å². The zero-order valence-corrected chi connectivity index (χ0v) is 14.6. The molecule has 1 aromatic heterocycles. The molecule has 1 N–H and O–H groups in total. The number of nitrogens with zero attached hydrogens (tertiary/aromatic N) is 2. The molecule has 0 unspecified atom stereocenters. The molecule has 5 heteroatoms. The van der Waals surface area contributed by atoms with Crippen molar-refractivity contribution in [3.8, 4) is 0 Å². The minimum atomic E-state index is -0.266. The number of benzene rings is 1. The fraction of sp³-hybridized carbons (Fsp3) is 0.400. The van der Waals surface area contributed by atoms with Gasteiger partial charge in [0.05, 0.1) is 0 Å². The van der Waals surface area contributed by atoms with Gasteiger partial charge in [-0.3, -0.25) is 9.69 Å². The van der Waals surface area contributed by atoms with Gasteiger partial charge in [0, 0.05) is 24.3 Å². The first-order valence-corrected chi connectivity index (χ1v) is 8.92. The van der Waals surface area contributed by atoms with Crippen molar-refractivity contribution in [2.24, 2.45) is 0 Å². The summed E-state index contributed by atoms with van der Waals surface area (Å²) in [4.78, 5) is 14.8. The van der Waals surface area contributed by atoms with Gasteiger partial charge < -0.3 is 10.5 Å². The molecule has 0 aliphatic heterocycles. The maximum absolute atomic E-state index is 12.4. The van der Waals surface area contributed by atoms with Crippen LogP contribution in [0.1, 0.15) is 48.0 Å². The number of rotatable bonds is 5. The Balaban J connectivity index is 1.71. The first-order valence-electron chi connectivity index (χ1n) is 8.92. The van der Waals surface area contributed by atoms with E-state index in [0.717, 1.165) is 17.8 Å². The van der Waals surface area contributed by atoms with Crippen molar-refractivity contribution in [3.05, 3.63) is 65.1 Å². The molecule has 1 amide bonds. The number of para-hydroxylation sites is 1. The molecule has 1 aromatic carbocycles. The van der Waals surface area contributed by atoms with Crippen molar-refractivity contribution < 1.29 is 9.52 Å². The lowest BCUT2D eigenvalue weighted by atomic mass is 9.94. The lowest BCUT2D eigenvalue weighted by Crippen LogP contribution is -2.33. The zero-order chi connectivity index (χ0) is 17.6. The predicted octanol–water partition coefficient (Wildman–Crippen LogP) is 3.34. The maximum Gasteiger partial charge on any atom is 0.261 e. The number of hydrogen-bond acceptors (Lipinski definition) is 3. The lowest BCUT2D eigenvalue weighted by Gasteiger charge is -2.31. The molecule has 25 heavy (non-hydrogen) atoms. The summed E-state index contributed by atoms with van der Waals surface area (Å²) in [6, 6.07) is 11.7. The highest BCUT2D eigenvalue weighted by molar-refractivity contribution is 6.04. The second-order valence-electron chi connectivity index (χ2n) is 6.77. The number of amides is 1. The number of aromatic nitrogens is 1. The third kappa shape index (κ3) is 4.57. The highest BCUT2D eigenvalue weighted by Crippen LogP contribution is 2.25. The van der Waals surface area contributed by atoms with E-state index in [1.807, 2.05) is 24.3 Å². The van der Waals surface area contributed by atoms with E-state index in [0.29, 0.717) is 16.3 Å². The fourth-order valence-corrected chi connectivity index (χ4v) is 3.48. The van der Waals surface area contributed by atoms with Crippen LogP contribution in [0.2, 0.25) is 0 Å². The summed E-state index contributed by atoms with van der Waals surface area (Å²) in [7, 11) is 2.16. The molecule has 0 bridgehead atoms. The molecule has 0 spiro atoms. The van der Waals surface area contributed by atoms with Gasteiger partial charge >= 0.3 is 0 Å². The predicted molar refractivity (Wildman–Crippen MR) is 98.1 cm³/mol. The van der Waals surface area contributed by atoms with Crippen LogP contribution in [-0.4, -0.2) is 23.9 Å². The molecule has 0 radical (unpaired) electrons. The average Bonchev–Trinajstić information content (AvgIpc) is 2.64. The summed E-state index contributed by atoms with van der Waals surface area (Å²) in [5.74, 6) is -0.266. The molecular weight excluding hydrogens is 314 g/mol. The molecule has 1 heterocycles. The van der Waals surface area contributed by atoms with E-state index in [9.17, 15) is 10.0 Å². The summed E-state index contributed by atoms with van der Waals surface area (Å²) in [5.41, 5.74) is 2.25. The van der Waals surface area contributed by atoms with Gasteiger partial charge in [-0.25, -0.2) is 0 Å². The first kappa shape index (κ1) is 17.4. The van der Waals surface area contributed by atoms with E-state index in [4.69, 9.17) is 0 Å². The Morgan fingerprint density at radius 3 is 2.72 bits per heavy atom. The number of hydrogen-bond donors (Lipinski definition) is 1. The second-order valence-corrected chi connectivity index (χ2v) is 6.77. The Morgan fingerprint density at radius 2 is 1.96 bits per heavy atom. The summed E-state index contributed by atoms with van der Waals surface area (Å²) < 4.78 is 0.637. The summed E-state index contributed by atoms with van der Waals surface area (Å²) in [5, 5.41) is 14.3. The Kier molecular flexibility index (Phi) is 5.66. The Morgan fingerprint density at radius 1 is 1.20 bits per heavy atom. The van der Waals surface area contributed by atoms with Crippen molar-refractivity contribution in [3.63, 3.8) is 0 Å². The van der Waals surface area contributed by atoms with E-state index in [-0.39, 0.29) is 5.91 Å². The SMILES string of the molecule is CN(Cc1ccccc1NC(=O)c1ccc[n+]([O-])c1)C1CCCCC1.